The van der Waals surface area contributed by atoms with Crippen molar-refractivity contribution >= 4 is 38.8 Å². The van der Waals surface area contributed by atoms with Gasteiger partial charge in [0.2, 0.25) is 0 Å². The van der Waals surface area contributed by atoms with Crippen LogP contribution in [0.2, 0.25) is 0 Å². The summed E-state index contributed by atoms with van der Waals surface area (Å²) in [5.74, 6) is 0.727. The van der Waals surface area contributed by atoms with Crippen molar-refractivity contribution < 1.29 is 14.9 Å². The van der Waals surface area contributed by atoms with Gasteiger partial charge in [0.15, 0.2) is 5.43 Å². The predicted molar refractivity (Wildman–Crippen MR) is 110 cm³/mol. The highest BCUT2D eigenvalue weighted by atomic mass is 35.5. The fraction of sp³-hybridized carbons (Fsp3) is 0.450. The maximum atomic E-state index is 12.9. The summed E-state index contributed by atoms with van der Waals surface area (Å²) >= 11 is 7.98. The van der Waals surface area contributed by atoms with Gasteiger partial charge in [0.1, 0.15) is 5.76 Å². The average molecular weight is 410 g/mol. The lowest BCUT2D eigenvalue weighted by molar-refractivity contribution is 0.149. The molecule has 1 heterocycles. The monoisotopic (exact) mass is 409 g/mol. The zero-order chi connectivity index (χ0) is 19.2. The molecule has 0 bridgehead atoms. The molecule has 1 aliphatic carbocycles. The number of benzene rings is 1. The lowest BCUT2D eigenvalue weighted by Crippen LogP contribution is -2.31. The van der Waals surface area contributed by atoms with Crippen LogP contribution >= 0.6 is 22.9 Å². The van der Waals surface area contributed by atoms with E-state index in [1.807, 2.05) is 35.2 Å². The predicted octanol–water partition coefficient (Wildman–Crippen LogP) is 2.98. The van der Waals surface area contributed by atoms with E-state index < -0.39 is 0 Å². The molecule has 0 amide bonds. The van der Waals surface area contributed by atoms with Crippen LogP contribution in [0.4, 0.5) is 0 Å². The van der Waals surface area contributed by atoms with Gasteiger partial charge < -0.3 is 14.9 Å². The first kappa shape index (κ1) is 20.3. The Balaban J connectivity index is 1.73. The highest BCUT2D eigenvalue weighted by Gasteiger charge is 2.26. The molecule has 0 spiro atoms. The van der Waals surface area contributed by atoms with Gasteiger partial charge in [-0.3, -0.25) is 9.69 Å². The van der Waals surface area contributed by atoms with E-state index in [-0.39, 0.29) is 24.0 Å². The van der Waals surface area contributed by atoms with Gasteiger partial charge in [0.25, 0.3) is 0 Å². The normalized spacial score (nSPS) is 16.4. The number of allylic oxidation sites excluding steroid dienone is 1. The molecule has 146 valence electrons. The van der Waals surface area contributed by atoms with E-state index in [4.69, 9.17) is 26.6 Å². The van der Waals surface area contributed by atoms with Crippen molar-refractivity contribution in [2.75, 3.05) is 39.5 Å². The molecule has 0 fully saturated rings. The minimum atomic E-state index is -0.328. The van der Waals surface area contributed by atoms with Crippen LogP contribution in [-0.4, -0.2) is 54.6 Å². The molecule has 5 nitrogen and oxygen atoms in total. The zero-order valence-corrected chi connectivity index (χ0v) is 16.6. The van der Waals surface area contributed by atoms with E-state index in [9.17, 15) is 4.79 Å². The molecule has 3 rings (SSSR count). The van der Waals surface area contributed by atoms with Gasteiger partial charge in [-0.1, -0.05) is 12.1 Å². The van der Waals surface area contributed by atoms with Crippen LogP contribution in [0.1, 0.15) is 28.7 Å². The molecule has 0 saturated carbocycles. The quantitative estimate of drug-likeness (QED) is 0.492. The minimum absolute atomic E-state index is 0.00869. The zero-order valence-electron chi connectivity index (χ0n) is 15.1. The molecule has 27 heavy (non-hydrogen) atoms. The van der Waals surface area contributed by atoms with Crippen LogP contribution in [0, 0.1) is 0 Å². The Bertz CT molecular complexity index is 861. The number of alkyl halides is 1. The summed E-state index contributed by atoms with van der Waals surface area (Å²) in [6, 6.07) is 7.58. The molecule has 7 heteroatoms. The Morgan fingerprint density at radius 1 is 1.19 bits per heavy atom. The molecule has 1 aromatic carbocycles. The SMILES string of the molecule is O=c1c2c(sc3ccccc13)C(OCCCN(CCO)CCO)=CCC2Cl. The Labute approximate surface area is 167 Å². The molecule has 2 N–H and O–H groups in total. The van der Waals surface area contributed by atoms with Crippen LogP contribution in [0.3, 0.4) is 0 Å². The second kappa shape index (κ2) is 9.66. The molecule has 1 aromatic heterocycles. The summed E-state index contributed by atoms with van der Waals surface area (Å²) in [6.45, 7) is 2.43. The number of hydrogen-bond donors (Lipinski definition) is 2. The van der Waals surface area contributed by atoms with Crippen molar-refractivity contribution in [1.29, 1.82) is 0 Å². The van der Waals surface area contributed by atoms with Crippen molar-refractivity contribution in [2.45, 2.75) is 18.2 Å². The molecule has 1 atom stereocenters. The molecule has 1 aliphatic rings. The Kier molecular flexibility index (Phi) is 7.26. The van der Waals surface area contributed by atoms with Gasteiger partial charge in [-0.15, -0.1) is 22.9 Å². The molecule has 0 radical (unpaired) electrons. The van der Waals surface area contributed by atoms with Gasteiger partial charge in [-0.2, -0.15) is 0 Å². The number of hydrogen-bond acceptors (Lipinski definition) is 6. The third-order valence-corrected chi connectivity index (χ3v) is 6.19. The summed E-state index contributed by atoms with van der Waals surface area (Å²) in [6.07, 6.45) is 3.30. The summed E-state index contributed by atoms with van der Waals surface area (Å²) in [7, 11) is 0. The van der Waals surface area contributed by atoms with Crippen molar-refractivity contribution in [3.8, 4) is 0 Å². The first-order valence-electron chi connectivity index (χ1n) is 9.13. The van der Waals surface area contributed by atoms with Gasteiger partial charge in [0, 0.05) is 35.3 Å². The molecule has 0 aliphatic heterocycles. The van der Waals surface area contributed by atoms with E-state index in [1.165, 1.54) is 0 Å². The van der Waals surface area contributed by atoms with Crippen molar-refractivity contribution in [3.05, 3.63) is 51.0 Å². The number of ether oxygens (including phenoxy) is 1. The third-order valence-electron chi connectivity index (χ3n) is 4.59. The van der Waals surface area contributed by atoms with Gasteiger partial charge in [-0.25, -0.2) is 0 Å². The van der Waals surface area contributed by atoms with Crippen LogP contribution in [0.25, 0.3) is 15.8 Å². The standard InChI is InChI=1S/C20H24ClNO4S/c21-15-6-7-16(26-13-3-8-22(9-11-23)10-12-24)20-18(15)19(25)14-4-1-2-5-17(14)27-20/h1-2,4-5,7,15,23-24H,3,6,8-13H2. The second-order valence-electron chi connectivity index (χ2n) is 6.43. The van der Waals surface area contributed by atoms with Gasteiger partial charge in [-0.05, 0) is 31.1 Å². The highest BCUT2D eigenvalue weighted by Crippen LogP contribution is 2.39. The smallest absolute Gasteiger partial charge is 0.193 e. The topological polar surface area (TPSA) is 70.0 Å². The third kappa shape index (κ3) is 4.70. The lowest BCUT2D eigenvalue weighted by atomic mass is 10.0. The molecular formula is C20H24ClNO4S. The summed E-state index contributed by atoms with van der Waals surface area (Å²) in [5.41, 5.74) is 0.630. The van der Waals surface area contributed by atoms with Crippen LogP contribution in [0.15, 0.2) is 35.1 Å². The first-order valence-corrected chi connectivity index (χ1v) is 10.4. The van der Waals surface area contributed by atoms with E-state index >= 15 is 0 Å². The van der Waals surface area contributed by atoms with Gasteiger partial charge in [0.05, 0.1) is 30.1 Å². The lowest BCUT2D eigenvalue weighted by Gasteiger charge is -2.23. The van der Waals surface area contributed by atoms with Crippen LogP contribution in [0.5, 0.6) is 0 Å². The summed E-state index contributed by atoms with van der Waals surface area (Å²) in [4.78, 5) is 15.7. The van der Waals surface area contributed by atoms with E-state index in [1.54, 1.807) is 11.3 Å². The summed E-state index contributed by atoms with van der Waals surface area (Å²) in [5, 5.41) is 18.5. The maximum Gasteiger partial charge on any atom is 0.193 e. The first-order chi connectivity index (χ1) is 13.2. The molecule has 0 saturated heterocycles. The number of rotatable bonds is 9. The number of halogens is 1. The number of fused-ring (bicyclic) bond motifs is 2. The van der Waals surface area contributed by atoms with Crippen molar-refractivity contribution in [2.24, 2.45) is 0 Å². The highest BCUT2D eigenvalue weighted by molar-refractivity contribution is 7.19. The minimum Gasteiger partial charge on any atom is -0.492 e. The maximum absolute atomic E-state index is 12.9. The Morgan fingerprint density at radius 2 is 1.93 bits per heavy atom. The average Bonchev–Trinajstić information content (AvgIpc) is 2.67. The number of aliphatic hydroxyl groups excluding tert-OH is 2. The largest absolute Gasteiger partial charge is 0.492 e. The fourth-order valence-electron chi connectivity index (χ4n) is 3.26. The Morgan fingerprint density at radius 3 is 2.67 bits per heavy atom. The van der Waals surface area contributed by atoms with Crippen molar-refractivity contribution in [1.82, 2.24) is 4.90 Å². The molecule has 2 aromatic rings. The van der Waals surface area contributed by atoms with E-state index in [0.717, 1.165) is 28.3 Å². The number of aliphatic hydroxyl groups is 2. The number of nitrogens with zero attached hydrogens (tertiary/aromatic N) is 1. The van der Waals surface area contributed by atoms with E-state index in [2.05, 4.69) is 0 Å². The summed E-state index contributed by atoms with van der Waals surface area (Å²) < 4.78 is 6.92. The Hall–Kier alpha value is -1.44. The molecule has 1 unspecified atom stereocenters. The van der Waals surface area contributed by atoms with Gasteiger partial charge >= 0.3 is 0 Å². The van der Waals surface area contributed by atoms with Crippen LogP contribution in [-0.2, 0) is 4.74 Å². The fourth-order valence-corrected chi connectivity index (χ4v) is 4.84. The van der Waals surface area contributed by atoms with Crippen molar-refractivity contribution in [3.63, 3.8) is 0 Å². The van der Waals surface area contributed by atoms with E-state index in [0.29, 0.717) is 37.1 Å². The second-order valence-corrected chi connectivity index (χ2v) is 8.01. The van der Waals surface area contributed by atoms with Crippen LogP contribution < -0.4 is 5.43 Å². The molecular weight excluding hydrogens is 386 g/mol.